The van der Waals surface area contributed by atoms with Crippen molar-refractivity contribution >= 4 is 28.1 Å². The molecule has 29 heavy (non-hydrogen) atoms. The number of aromatic amines is 1. The molecule has 152 valence electrons. The molecule has 3 aromatic rings. The molecule has 1 heterocycles. The highest BCUT2D eigenvalue weighted by atomic mass is 16.6. The van der Waals surface area contributed by atoms with Crippen LogP contribution in [-0.4, -0.2) is 40.6 Å². The number of fused-ring (bicyclic) bond motifs is 1. The third kappa shape index (κ3) is 3.88. The Morgan fingerprint density at radius 3 is 2.45 bits per heavy atom. The number of hydrogen-bond donors (Lipinski definition) is 2. The molecule has 0 spiro atoms. The van der Waals surface area contributed by atoms with Crippen molar-refractivity contribution in [3.05, 3.63) is 55.9 Å². The van der Waals surface area contributed by atoms with Crippen molar-refractivity contribution in [3.8, 4) is 11.5 Å². The summed E-state index contributed by atoms with van der Waals surface area (Å²) < 4.78 is 10.4. The van der Waals surface area contributed by atoms with Gasteiger partial charge in [-0.1, -0.05) is 6.07 Å². The molecular formula is C18H19N5O6. The predicted molar refractivity (Wildman–Crippen MR) is 106 cm³/mol. The van der Waals surface area contributed by atoms with Gasteiger partial charge >= 0.3 is 11.4 Å². The van der Waals surface area contributed by atoms with Crippen molar-refractivity contribution in [1.82, 2.24) is 9.97 Å². The average molecular weight is 401 g/mol. The van der Waals surface area contributed by atoms with Crippen LogP contribution in [0.15, 0.2) is 24.3 Å². The minimum Gasteiger partial charge on any atom is -0.493 e. The van der Waals surface area contributed by atoms with Gasteiger partial charge < -0.3 is 19.8 Å². The van der Waals surface area contributed by atoms with Crippen LogP contribution in [0.5, 0.6) is 11.5 Å². The number of nitrogens with one attached hydrogen (secondary N) is 2. The lowest BCUT2D eigenvalue weighted by molar-refractivity contribution is -0.391. The normalized spacial score (nSPS) is 10.7. The number of aromatic nitrogens is 2. The van der Waals surface area contributed by atoms with Gasteiger partial charge in [0.25, 0.3) is 0 Å². The monoisotopic (exact) mass is 401 g/mol. The van der Waals surface area contributed by atoms with Crippen molar-refractivity contribution in [2.24, 2.45) is 0 Å². The van der Waals surface area contributed by atoms with Gasteiger partial charge in [-0.05, 0) is 31.0 Å². The van der Waals surface area contributed by atoms with E-state index in [0.717, 1.165) is 5.56 Å². The first-order valence-corrected chi connectivity index (χ1v) is 8.62. The molecule has 2 aromatic carbocycles. The first-order chi connectivity index (χ1) is 13.8. The zero-order valence-electron chi connectivity index (χ0n) is 16.0. The van der Waals surface area contributed by atoms with Crippen molar-refractivity contribution < 1.29 is 19.3 Å². The minimum absolute atomic E-state index is 0.0757. The molecule has 0 aliphatic rings. The highest BCUT2D eigenvalue weighted by Gasteiger charge is 2.30. The van der Waals surface area contributed by atoms with Gasteiger partial charge in [-0.15, -0.1) is 0 Å². The third-order valence-electron chi connectivity index (χ3n) is 4.39. The van der Waals surface area contributed by atoms with E-state index in [0.29, 0.717) is 23.7 Å². The summed E-state index contributed by atoms with van der Waals surface area (Å²) in [4.78, 5) is 28.8. The largest absolute Gasteiger partial charge is 0.493 e. The maximum absolute atomic E-state index is 11.7. The number of methoxy groups -OCH3 is 2. The zero-order valence-corrected chi connectivity index (χ0v) is 16.0. The van der Waals surface area contributed by atoms with Gasteiger partial charge in [0.15, 0.2) is 22.7 Å². The lowest BCUT2D eigenvalue weighted by atomic mass is 10.1. The molecule has 0 fully saturated rings. The van der Waals surface area contributed by atoms with Gasteiger partial charge in [0, 0.05) is 12.6 Å². The highest BCUT2D eigenvalue weighted by Crippen LogP contribution is 2.40. The van der Waals surface area contributed by atoms with E-state index in [1.165, 1.54) is 20.3 Å². The van der Waals surface area contributed by atoms with Gasteiger partial charge in [0.1, 0.15) is 5.82 Å². The van der Waals surface area contributed by atoms with Crippen LogP contribution in [-0.2, 0) is 6.42 Å². The van der Waals surface area contributed by atoms with E-state index in [1.807, 2.05) is 6.07 Å². The van der Waals surface area contributed by atoms with E-state index in [4.69, 9.17) is 9.47 Å². The van der Waals surface area contributed by atoms with E-state index in [2.05, 4.69) is 15.3 Å². The number of benzene rings is 2. The first kappa shape index (κ1) is 19.9. The SMILES string of the molecule is COc1ccc(CCNc2c([N+](=O)[O-])cc3[nH]c(C)nc3c2[N+](=O)[O-])cc1OC. The lowest BCUT2D eigenvalue weighted by Crippen LogP contribution is -2.10. The Morgan fingerprint density at radius 2 is 1.83 bits per heavy atom. The van der Waals surface area contributed by atoms with Crippen LogP contribution < -0.4 is 14.8 Å². The number of H-pyrrole nitrogens is 1. The Labute approximate surface area is 165 Å². The number of ether oxygens (including phenoxy) is 2. The fourth-order valence-corrected chi connectivity index (χ4v) is 3.11. The fourth-order valence-electron chi connectivity index (χ4n) is 3.11. The molecule has 3 rings (SSSR count). The molecule has 0 aliphatic heterocycles. The van der Waals surface area contributed by atoms with Crippen LogP contribution >= 0.6 is 0 Å². The summed E-state index contributed by atoms with van der Waals surface area (Å²) in [5, 5.41) is 26.0. The molecule has 0 aliphatic carbocycles. The van der Waals surface area contributed by atoms with E-state index in [-0.39, 0.29) is 29.0 Å². The molecule has 0 saturated carbocycles. The lowest BCUT2D eigenvalue weighted by Gasteiger charge is -2.11. The van der Waals surface area contributed by atoms with Crippen LogP contribution in [0.4, 0.5) is 17.1 Å². The number of aryl methyl sites for hydroxylation is 1. The molecule has 0 saturated heterocycles. The van der Waals surface area contributed by atoms with Gasteiger partial charge in [0.2, 0.25) is 0 Å². The van der Waals surface area contributed by atoms with Crippen molar-refractivity contribution in [2.45, 2.75) is 13.3 Å². The number of nitrogens with zero attached hydrogens (tertiary/aromatic N) is 3. The first-order valence-electron chi connectivity index (χ1n) is 8.62. The van der Waals surface area contributed by atoms with Gasteiger partial charge in [-0.2, -0.15) is 0 Å². The van der Waals surface area contributed by atoms with E-state index in [1.54, 1.807) is 19.1 Å². The molecule has 0 radical (unpaired) electrons. The summed E-state index contributed by atoms with van der Waals surface area (Å²) in [7, 11) is 3.05. The van der Waals surface area contributed by atoms with Crippen LogP contribution in [0.3, 0.4) is 0 Å². The van der Waals surface area contributed by atoms with Gasteiger partial charge in [-0.3, -0.25) is 20.2 Å². The summed E-state index contributed by atoms with van der Waals surface area (Å²) in [6.45, 7) is 1.85. The van der Waals surface area contributed by atoms with Gasteiger partial charge in [-0.25, -0.2) is 4.98 Å². The number of rotatable bonds is 8. The van der Waals surface area contributed by atoms with Crippen molar-refractivity contribution in [2.75, 3.05) is 26.1 Å². The molecular weight excluding hydrogens is 382 g/mol. The second kappa shape index (κ2) is 8.00. The topological polar surface area (TPSA) is 145 Å². The Hall–Kier alpha value is -3.89. The molecule has 0 bridgehead atoms. The number of nitro groups is 2. The van der Waals surface area contributed by atoms with Gasteiger partial charge in [0.05, 0.1) is 29.6 Å². The van der Waals surface area contributed by atoms with Crippen LogP contribution in [0.25, 0.3) is 11.0 Å². The second-order valence-electron chi connectivity index (χ2n) is 6.22. The minimum atomic E-state index is -0.658. The third-order valence-corrected chi connectivity index (χ3v) is 4.39. The number of anilines is 1. The smallest absolute Gasteiger partial charge is 0.327 e. The molecule has 0 atom stereocenters. The summed E-state index contributed by atoms with van der Waals surface area (Å²) in [5.74, 6) is 1.56. The standard InChI is InChI=1S/C18H19N5O6/c1-10-20-12-9-13(22(24)25)17(18(23(26)27)16(12)21-10)19-7-6-11-4-5-14(28-2)15(8-11)29-3/h4-5,8-9,19H,6-7H2,1-3H3,(H,20,21). The Balaban J connectivity index is 1.93. The molecule has 2 N–H and O–H groups in total. The zero-order chi connectivity index (χ0) is 21.1. The number of hydrogen-bond acceptors (Lipinski definition) is 8. The average Bonchev–Trinajstić information content (AvgIpc) is 3.06. The number of imidazole rings is 1. The van der Waals surface area contributed by atoms with Crippen molar-refractivity contribution in [1.29, 1.82) is 0 Å². The molecule has 0 unspecified atom stereocenters. The maximum atomic E-state index is 11.7. The predicted octanol–water partition coefficient (Wildman–Crippen LogP) is 3.36. The molecule has 11 nitrogen and oxygen atoms in total. The van der Waals surface area contributed by atoms with Crippen LogP contribution in [0, 0.1) is 27.2 Å². The summed E-state index contributed by atoms with van der Waals surface area (Å²) in [5.41, 5.74) is 0.209. The van der Waals surface area contributed by atoms with Crippen LogP contribution in [0.2, 0.25) is 0 Å². The maximum Gasteiger partial charge on any atom is 0.327 e. The number of nitro benzene ring substituents is 2. The summed E-state index contributed by atoms with van der Waals surface area (Å²) >= 11 is 0. The molecule has 11 heteroatoms. The van der Waals surface area contributed by atoms with E-state index < -0.39 is 15.5 Å². The molecule has 1 aromatic heterocycles. The van der Waals surface area contributed by atoms with E-state index in [9.17, 15) is 20.2 Å². The van der Waals surface area contributed by atoms with E-state index >= 15 is 0 Å². The quantitative estimate of drug-likeness (QED) is 0.431. The summed E-state index contributed by atoms with van der Waals surface area (Å²) in [6.07, 6.45) is 0.451. The Bertz CT molecular complexity index is 1090. The second-order valence-corrected chi connectivity index (χ2v) is 6.22. The Kier molecular flexibility index (Phi) is 5.48. The fraction of sp³-hybridized carbons (Fsp3) is 0.278. The Morgan fingerprint density at radius 1 is 1.10 bits per heavy atom. The summed E-state index contributed by atoms with van der Waals surface area (Å²) in [6, 6.07) is 6.61. The van der Waals surface area contributed by atoms with Crippen LogP contribution in [0.1, 0.15) is 11.4 Å². The molecule has 0 amide bonds. The van der Waals surface area contributed by atoms with Crippen molar-refractivity contribution in [3.63, 3.8) is 0 Å². The highest BCUT2D eigenvalue weighted by molar-refractivity contribution is 5.96.